The first-order valence-electron chi connectivity index (χ1n) is 8.97. The molecule has 6 nitrogen and oxygen atoms in total. The summed E-state index contributed by atoms with van der Waals surface area (Å²) in [6, 6.07) is 16.3. The Balaban J connectivity index is 2.06. The molecule has 27 heavy (non-hydrogen) atoms. The third-order valence-corrected chi connectivity index (χ3v) is 5.18. The first-order chi connectivity index (χ1) is 12.9. The van der Waals surface area contributed by atoms with Crippen molar-refractivity contribution in [3.63, 3.8) is 0 Å². The molecule has 0 aliphatic carbocycles. The number of nitrogens with one attached hydrogen (secondary N) is 1. The monoisotopic (exact) mass is 390 g/mol. The van der Waals surface area contributed by atoms with Gasteiger partial charge < -0.3 is 10.1 Å². The number of sulfonamides is 1. The van der Waals surface area contributed by atoms with Crippen molar-refractivity contribution in [2.45, 2.75) is 26.2 Å². The number of hydrogen-bond acceptors (Lipinski definition) is 4. The predicted molar refractivity (Wildman–Crippen MR) is 108 cm³/mol. The van der Waals surface area contributed by atoms with E-state index in [9.17, 15) is 13.2 Å². The zero-order chi connectivity index (χ0) is 19.7. The third-order valence-electron chi connectivity index (χ3n) is 3.93. The Hall–Kier alpha value is -2.38. The first kappa shape index (κ1) is 20.9. The quantitative estimate of drug-likeness (QED) is 0.625. The molecular weight excluding hydrogens is 364 g/mol. The van der Waals surface area contributed by atoms with Gasteiger partial charge in [-0.15, -0.1) is 0 Å². The highest BCUT2D eigenvalue weighted by Gasteiger charge is 2.20. The van der Waals surface area contributed by atoms with Gasteiger partial charge in [-0.3, -0.25) is 4.79 Å². The number of nitrogens with zero attached hydrogens (tertiary/aromatic N) is 1. The van der Waals surface area contributed by atoms with E-state index < -0.39 is 15.9 Å². The fourth-order valence-electron chi connectivity index (χ4n) is 2.52. The largest absolute Gasteiger partial charge is 0.455 e. The van der Waals surface area contributed by atoms with Crippen molar-refractivity contribution < 1.29 is 17.9 Å². The van der Waals surface area contributed by atoms with Crippen LogP contribution in [-0.2, 0) is 14.8 Å². The summed E-state index contributed by atoms with van der Waals surface area (Å²) < 4.78 is 30.9. The van der Waals surface area contributed by atoms with Crippen LogP contribution < -0.4 is 10.1 Å². The molecule has 2 aromatic carbocycles. The molecule has 0 fully saturated rings. The smallest absolute Gasteiger partial charge is 0.239 e. The number of carbonyl (C=O) groups is 1. The summed E-state index contributed by atoms with van der Waals surface area (Å²) >= 11 is 0. The number of benzene rings is 2. The Kier molecular flexibility index (Phi) is 7.82. The minimum absolute atomic E-state index is 0.220. The second kappa shape index (κ2) is 10.1. The minimum atomic E-state index is -3.45. The number of amides is 1. The van der Waals surface area contributed by atoms with Gasteiger partial charge in [0.1, 0.15) is 5.75 Å². The van der Waals surface area contributed by atoms with Gasteiger partial charge in [0.05, 0.1) is 18.5 Å². The van der Waals surface area contributed by atoms with Crippen LogP contribution in [0.2, 0.25) is 0 Å². The van der Waals surface area contributed by atoms with Crippen LogP contribution in [0.1, 0.15) is 26.2 Å². The fraction of sp³-hybridized carbons (Fsp3) is 0.350. The molecule has 0 aromatic heterocycles. The lowest BCUT2D eigenvalue weighted by Crippen LogP contribution is -2.38. The molecule has 1 N–H and O–H groups in total. The van der Waals surface area contributed by atoms with E-state index in [0.717, 1.165) is 25.5 Å². The van der Waals surface area contributed by atoms with E-state index in [-0.39, 0.29) is 6.54 Å². The van der Waals surface area contributed by atoms with Gasteiger partial charge in [0.2, 0.25) is 15.9 Å². The molecule has 7 heteroatoms. The summed E-state index contributed by atoms with van der Waals surface area (Å²) in [6.45, 7) is 2.16. The molecule has 0 spiro atoms. The van der Waals surface area contributed by atoms with Gasteiger partial charge in [-0.05, 0) is 30.7 Å². The van der Waals surface area contributed by atoms with Gasteiger partial charge in [0.15, 0.2) is 5.75 Å². The molecule has 0 atom stereocenters. The summed E-state index contributed by atoms with van der Waals surface area (Å²) in [5.74, 6) is 0.742. The molecule has 0 bridgehead atoms. The molecule has 2 aromatic rings. The van der Waals surface area contributed by atoms with E-state index in [1.54, 1.807) is 18.2 Å². The van der Waals surface area contributed by atoms with Gasteiger partial charge in [-0.25, -0.2) is 8.42 Å². The predicted octanol–water partition coefficient (Wildman–Crippen LogP) is 3.87. The normalized spacial score (nSPS) is 11.4. The van der Waals surface area contributed by atoms with Gasteiger partial charge in [0, 0.05) is 6.54 Å². The van der Waals surface area contributed by atoms with Crippen LogP contribution >= 0.6 is 0 Å². The number of unbranched alkanes of at least 4 members (excludes halogenated alkanes) is 2. The van der Waals surface area contributed by atoms with E-state index >= 15 is 0 Å². The van der Waals surface area contributed by atoms with Crippen LogP contribution in [0.5, 0.6) is 11.5 Å². The summed E-state index contributed by atoms with van der Waals surface area (Å²) in [7, 11) is -3.45. The van der Waals surface area contributed by atoms with Crippen molar-refractivity contribution in [1.29, 1.82) is 0 Å². The van der Waals surface area contributed by atoms with E-state index in [2.05, 4.69) is 5.32 Å². The minimum Gasteiger partial charge on any atom is -0.455 e. The Morgan fingerprint density at radius 1 is 1.04 bits per heavy atom. The van der Waals surface area contributed by atoms with Crippen LogP contribution in [0.3, 0.4) is 0 Å². The second-order valence-corrected chi connectivity index (χ2v) is 8.25. The van der Waals surface area contributed by atoms with Crippen molar-refractivity contribution in [2.24, 2.45) is 0 Å². The number of ether oxygens (including phenoxy) is 1. The summed E-state index contributed by atoms with van der Waals surface area (Å²) in [5.41, 5.74) is 0.494. The first-order valence-corrected chi connectivity index (χ1v) is 10.8. The van der Waals surface area contributed by atoms with Crippen molar-refractivity contribution in [3.05, 3.63) is 54.6 Å². The topological polar surface area (TPSA) is 75.7 Å². The summed E-state index contributed by atoms with van der Waals surface area (Å²) in [5, 5.41) is 2.75. The average molecular weight is 391 g/mol. The van der Waals surface area contributed by atoms with Gasteiger partial charge >= 0.3 is 0 Å². The fourth-order valence-corrected chi connectivity index (χ4v) is 3.34. The molecular formula is C20H26N2O4S. The SMILES string of the molecule is CCCCCN(CC(=O)Nc1ccccc1Oc1ccccc1)S(C)(=O)=O. The highest BCUT2D eigenvalue weighted by molar-refractivity contribution is 7.88. The molecule has 2 rings (SSSR count). The number of para-hydroxylation sites is 3. The molecule has 1 amide bonds. The van der Waals surface area contributed by atoms with E-state index in [1.165, 1.54) is 4.31 Å². The summed E-state index contributed by atoms with van der Waals surface area (Å²) in [6.07, 6.45) is 3.75. The standard InChI is InChI=1S/C20H26N2O4S/c1-3-4-10-15-22(27(2,24)25)16-20(23)21-18-13-8-9-14-19(18)26-17-11-6-5-7-12-17/h5-9,11-14H,3-4,10,15-16H2,1-2H3,(H,21,23). The lowest BCUT2D eigenvalue weighted by molar-refractivity contribution is -0.116. The zero-order valence-electron chi connectivity index (χ0n) is 15.7. The van der Waals surface area contributed by atoms with Crippen molar-refractivity contribution in [1.82, 2.24) is 4.31 Å². The van der Waals surface area contributed by atoms with Gasteiger partial charge in [-0.1, -0.05) is 50.1 Å². The number of hydrogen-bond donors (Lipinski definition) is 1. The molecule has 0 aliphatic rings. The number of carbonyl (C=O) groups excluding carboxylic acids is 1. The molecule has 0 unspecified atom stereocenters. The zero-order valence-corrected chi connectivity index (χ0v) is 16.5. The Morgan fingerprint density at radius 2 is 1.70 bits per heavy atom. The lowest BCUT2D eigenvalue weighted by atomic mass is 10.2. The Bertz CT molecular complexity index is 838. The highest BCUT2D eigenvalue weighted by Crippen LogP contribution is 2.29. The molecule has 0 heterocycles. The molecule has 0 saturated heterocycles. The maximum Gasteiger partial charge on any atom is 0.239 e. The summed E-state index contributed by atoms with van der Waals surface area (Å²) in [4.78, 5) is 12.4. The van der Waals surface area contributed by atoms with Crippen LogP contribution in [0, 0.1) is 0 Å². The van der Waals surface area contributed by atoms with E-state index in [0.29, 0.717) is 23.7 Å². The van der Waals surface area contributed by atoms with Crippen LogP contribution in [0.15, 0.2) is 54.6 Å². The van der Waals surface area contributed by atoms with E-state index in [1.807, 2.05) is 43.3 Å². The lowest BCUT2D eigenvalue weighted by Gasteiger charge is -2.20. The van der Waals surface area contributed by atoms with E-state index in [4.69, 9.17) is 4.74 Å². The molecule has 0 saturated carbocycles. The Labute approximate surface area is 161 Å². The Morgan fingerprint density at radius 3 is 2.37 bits per heavy atom. The van der Waals surface area contributed by atoms with Crippen molar-refractivity contribution >= 4 is 21.6 Å². The molecule has 0 radical (unpaired) electrons. The number of rotatable bonds is 10. The maximum absolute atomic E-state index is 12.4. The average Bonchev–Trinajstić information content (AvgIpc) is 2.63. The second-order valence-electron chi connectivity index (χ2n) is 6.26. The van der Waals surface area contributed by atoms with Crippen molar-refractivity contribution in [3.8, 4) is 11.5 Å². The van der Waals surface area contributed by atoms with Crippen LogP contribution in [0.25, 0.3) is 0 Å². The van der Waals surface area contributed by atoms with Gasteiger partial charge in [0.25, 0.3) is 0 Å². The number of anilines is 1. The van der Waals surface area contributed by atoms with Crippen LogP contribution in [0.4, 0.5) is 5.69 Å². The molecule has 0 aliphatic heterocycles. The third kappa shape index (κ3) is 7.03. The maximum atomic E-state index is 12.4. The van der Waals surface area contributed by atoms with Gasteiger partial charge in [-0.2, -0.15) is 4.31 Å². The highest BCUT2D eigenvalue weighted by atomic mass is 32.2. The van der Waals surface area contributed by atoms with Crippen molar-refractivity contribution in [2.75, 3.05) is 24.7 Å². The van der Waals surface area contributed by atoms with Crippen LogP contribution in [-0.4, -0.2) is 38.0 Å². The molecule has 146 valence electrons.